The lowest BCUT2D eigenvalue weighted by Gasteiger charge is -2.02. The quantitative estimate of drug-likeness (QED) is 0.715. The normalized spacial score (nSPS) is 10.7. The van der Waals surface area contributed by atoms with Crippen molar-refractivity contribution in [1.82, 2.24) is 20.1 Å². The average Bonchev–Trinajstić information content (AvgIpc) is 3.15. The van der Waals surface area contributed by atoms with Crippen LogP contribution in [0.2, 0.25) is 0 Å². The molecule has 0 aliphatic carbocycles. The molecular weight excluding hydrogens is 304 g/mol. The van der Waals surface area contributed by atoms with Crippen LogP contribution in [0.1, 0.15) is 12.7 Å². The highest BCUT2D eigenvalue weighted by atomic mass is 32.1. The van der Waals surface area contributed by atoms with Gasteiger partial charge in [-0.3, -0.25) is 0 Å². The molecule has 3 rings (SSSR count). The van der Waals surface area contributed by atoms with Crippen LogP contribution in [0.5, 0.6) is 11.6 Å². The summed E-state index contributed by atoms with van der Waals surface area (Å²) in [5, 5.41) is 3.87. The van der Waals surface area contributed by atoms with Gasteiger partial charge in [0, 0.05) is 12.1 Å². The minimum atomic E-state index is 0.498. The molecule has 114 valence electrons. The SMILES string of the molecule is CCOc1cc(-c2cc(OC)nc(C)n2)sc1-c1ncon1. The molecule has 3 heterocycles. The lowest BCUT2D eigenvalue weighted by atomic mass is 10.3. The summed E-state index contributed by atoms with van der Waals surface area (Å²) in [5.41, 5.74) is 0.769. The smallest absolute Gasteiger partial charge is 0.216 e. The molecule has 0 amide bonds. The predicted octanol–water partition coefficient (Wildman–Crippen LogP) is 2.97. The highest BCUT2D eigenvalue weighted by Crippen LogP contribution is 2.41. The van der Waals surface area contributed by atoms with E-state index in [-0.39, 0.29) is 0 Å². The number of ether oxygens (including phenoxy) is 2. The van der Waals surface area contributed by atoms with Crippen molar-refractivity contribution in [1.29, 1.82) is 0 Å². The summed E-state index contributed by atoms with van der Waals surface area (Å²) in [6, 6.07) is 3.70. The van der Waals surface area contributed by atoms with Crippen LogP contribution in [-0.2, 0) is 0 Å². The average molecular weight is 318 g/mol. The third-order valence-electron chi connectivity index (χ3n) is 2.84. The van der Waals surface area contributed by atoms with Gasteiger partial charge in [-0.2, -0.15) is 9.97 Å². The van der Waals surface area contributed by atoms with Gasteiger partial charge in [0.15, 0.2) is 0 Å². The summed E-state index contributed by atoms with van der Waals surface area (Å²) in [5.74, 6) is 2.37. The van der Waals surface area contributed by atoms with E-state index in [2.05, 4.69) is 20.1 Å². The van der Waals surface area contributed by atoms with Crippen molar-refractivity contribution < 1.29 is 14.0 Å². The molecular formula is C14H14N4O3S. The molecule has 0 aliphatic heterocycles. The fraction of sp³-hybridized carbons (Fsp3) is 0.286. The van der Waals surface area contributed by atoms with Crippen molar-refractivity contribution in [2.75, 3.05) is 13.7 Å². The first kappa shape index (κ1) is 14.5. The van der Waals surface area contributed by atoms with Gasteiger partial charge in [0.2, 0.25) is 18.1 Å². The minimum Gasteiger partial charge on any atom is -0.492 e. The molecule has 0 fully saturated rings. The highest BCUT2D eigenvalue weighted by molar-refractivity contribution is 7.19. The molecule has 0 aromatic carbocycles. The van der Waals surface area contributed by atoms with E-state index in [1.54, 1.807) is 13.2 Å². The van der Waals surface area contributed by atoms with Gasteiger partial charge in [-0.1, -0.05) is 5.16 Å². The van der Waals surface area contributed by atoms with Crippen LogP contribution in [0, 0.1) is 6.92 Å². The van der Waals surface area contributed by atoms with E-state index in [0.717, 1.165) is 15.4 Å². The molecule has 0 saturated heterocycles. The van der Waals surface area contributed by atoms with Gasteiger partial charge in [0.1, 0.15) is 16.5 Å². The van der Waals surface area contributed by atoms with Gasteiger partial charge >= 0.3 is 0 Å². The zero-order valence-electron chi connectivity index (χ0n) is 12.4. The van der Waals surface area contributed by atoms with Crippen molar-refractivity contribution in [2.45, 2.75) is 13.8 Å². The van der Waals surface area contributed by atoms with E-state index in [0.29, 0.717) is 29.9 Å². The second kappa shape index (κ2) is 6.10. The Kier molecular flexibility index (Phi) is 4.01. The molecule has 0 spiro atoms. The van der Waals surface area contributed by atoms with Gasteiger partial charge in [-0.15, -0.1) is 11.3 Å². The molecule has 0 bridgehead atoms. The highest BCUT2D eigenvalue weighted by Gasteiger charge is 2.18. The maximum absolute atomic E-state index is 5.66. The van der Waals surface area contributed by atoms with Gasteiger partial charge < -0.3 is 14.0 Å². The van der Waals surface area contributed by atoms with E-state index >= 15 is 0 Å². The number of aromatic nitrogens is 4. The number of aryl methyl sites for hydroxylation is 1. The zero-order chi connectivity index (χ0) is 15.5. The molecule has 7 nitrogen and oxygen atoms in total. The Balaban J connectivity index is 2.08. The van der Waals surface area contributed by atoms with Gasteiger partial charge in [-0.05, 0) is 13.8 Å². The molecule has 0 N–H and O–H groups in total. The second-order valence-corrected chi connectivity index (χ2v) is 5.39. The first-order valence-corrected chi connectivity index (χ1v) is 7.46. The number of nitrogens with zero attached hydrogens (tertiary/aromatic N) is 4. The summed E-state index contributed by atoms with van der Waals surface area (Å²) in [4.78, 5) is 14.5. The minimum absolute atomic E-state index is 0.498. The molecule has 3 aromatic heterocycles. The standard InChI is InChI=1S/C14H14N4O3S/c1-4-20-10-6-11(22-13(10)14-15-7-21-18-14)9-5-12(19-3)17-8(2)16-9/h5-7H,4H2,1-3H3. The molecule has 3 aromatic rings. The molecule has 0 radical (unpaired) electrons. The lowest BCUT2D eigenvalue weighted by molar-refractivity contribution is 0.342. The third-order valence-corrected chi connectivity index (χ3v) is 3.97. The van der Waals surface area contributed by atoms with Crippen molar-refractivity contribution >= 4 is 11.3 Å². The number of thiophene rings is 1. The first-order chi connectivity index (χ1) is 10.7. The van der Waals surface area contributed by atoms with Crippen LogP contribution in [0.3, 0.4) is 0 Å². The number of hydrogen-bond donors (Lipinski definition) is 0. The summed E-state index contributed by atoms with van der Waals surface area (Å²) < 4.78 is 15.7. The van der Waals surface area contributed by atoms with Crippen LogP contribution in [0.4, 0.5) is 0 Å². The van der Waals surface area contributed by atoms with Crippen LogP contribution >= 0.6 is 11.3 Å². The van der Waals surface area contributed by atoms with Crippen LogP contribution < -0.4 is 9.47 Å². The Bertz CT molecular complexity index is 770. The van der Waals surface area contributed by atoms with E-state index < -0.39 is 0 Å². The van der Waals surface area contributed by atoms with Gasteiger partial charge in [0.05, 0.1) is 24.3 Å². The number of methoxy groups -OCH3 is 1. The van der Waals surface area contributed by atoms with Crippen molar-refractivity contribution in [3.8, 4) is 32.9 Å². The second-order valence-electron chi connectivity index (χ2n) is 4.33. The summed E-state index contributed by atoms with van der Waals surface area (Å²) >= 11 is 1.48. The monoisotopic (exact) mass is 318 g/mol. The Hall–Kier alpha value is -2.48. The van der Waals surface area contributed by atoms with E-state index in [9.17, 15) is 0 Å². The van der Waals surface area contributed by atoms with Gasteiger partial charge in [0.25, 0.3) is 0 Å². The Morgan fingerprint density at radius 1 is 1.27 bits per heavy atom. The van der Waals surface area contributed by atoms with Crippen molar-refractivity contribution in [3.63, 3.8) is 0 Å². The van der Waals surface area contributed by atoms with Gasteiger partial charge in [-0.25, -0.2) is 4.98 Å². The van der Waals surface area contributed by atoms with Crippen LogP contribution in [0.15, 0.2) is 23.0 Å². The molecule has 0 saturated carbocycles. The summed E-state index contributed by atoms with van der Waals surface area (Å²) in [6.07, 6.45) is 1.29. The molecule has 0 atom stereocenters. The first-order valence-electron chi connectivity index (χ1n) is 6.64. The van der Waals surface area contributed by atoms with Crippen LogP contribution in [0.25, 0.3) is 21.3 Å². The van der Waals surface area contributed by atoms with E-state index in [4.69, 9.17) is 14.0 Å². The number of rotatable bonds is 5. The van der Waals surface area contributed by atoms with Crippen molar-refractivity contribution in [3.05, 3.63) is 24.4 Å². The Morgan fingerprint density at radius 3 is 2.82 bits per heavy atom. The van der Waals surface area contributed by atoms with E-state index in [1.165, 1.54) is 17.7 Å². The molecule has 0 unspecified atom stereocenters. The van der Waals surface area contributed by atoms with Crippen LogP contribution in [-0.4, -0.2) is 33.8 Å². The zero-order valence-corrected chi connectivity index (χ0v) is 13.2. The number of hydrogen-bond acceptors (Lipinski definition) is 8. The molecule has 0 aliphatic rings. The third kappa shape index (κ3) is 2.77. The fourth-order valence-electron chi connectivity index (χ4n) is 1.96. The summed E-state index contributed by atoms with van der Waals surface area (Å²) in [7, 11) is 1.58. The summed E-state index contributed by atoms with van der Waals surface area (Å²) in [6.45, 7) is 4.30. The fourth-order valence-corrected chi connectivity index (χ4v) is 2.96. The van der Waals surface area contributed by atoms with E-state index in [1.807, 2.05) is 19.9 Å². The lowest BCUT2D eigenvalue weighted by Crippen LogP contribution is -1.94. The maximum atomic E-state index is 5.66. The topological polar surface area (TPSA) is 83.2 Å². The maximum Gasteiger partial charge on any atom is 0.216 e. The Labute approximate surface area is 130 Å². The van der Waals surface area contributed by atoms with Crippen molar-refractivity contribution in [2.24, 2.45) is 0 Å². The Morgan fingerprint density at radius 2 is 2.14 bits per heavy atom. The predicted molar refractivity (Wildman–Crippen MR) is 81.1 cm³/mol. The largest absolute Gasteiger partial charge is 0.492 e. The molecule has 22 heavy (non-hydrogen) atoms. The molecule has 8 heteroatoms.